The fraction of sp³-hybridized carbons (Fsp3) is 0.545. The summed E-state index contributed by atoms with van der Waals surface area (Å²) >= 11 is 0. The van der Waals surface area contributed by atoms with Gasteiger partial charge < -0.3 is 5.41 Å². The SMILES string of the molecule is C/C=C\C(C)=C/C=N.CC.CC. The van der Waals surface area contributed by atoms with Crippen molar-refractivity contribution < 1.29 is 0 Å². The van der Waals surface area contributed by atoms with Crippen LogP contribution in [0.25, 0.3) is 0 Å². The average Bonchev–Trinajstić information content (AvgIpc) is 2.12. The van der Waals surface area contributed by atoms with Crippen molar-refractivity contribution in [1.82, 2.24) is 0 Å². The molecule has 0 spiro atoms. The Morgan fingerprint density at radius 1 is 1.08 bits per heavy atom. The highest BCUT2D eigenvalue weighted by Gasteiger charge is 1.72. The Balaban J connectivity index is -0.000000175. The maximum absolute atomic E-state index is 6.68. The highest BCUT2D eigenvalue weighted by molar-refractivity contribution is 5.69. The van der Waals surface area contributed by atoms with Gasteiger partial charge in [0.25, 0.3) is 0 Å². The van der Waals surface area contributed by atoms with Crippen molar-refractivity contribution in [3.63, 3.8) is 0 Å². The molecule has 1 nitrogen and oxygen atoms in total. The number of nitrogens with one attached hydrogen (secondary N) is 1. The molecule has 72 valence electrons. The second-order valence-electron chi connectivity index (χ2n) is 1.58. The van der Waals surface area contributed by atoms with E-state index >= 15 is 0 Å². The number of allylic oxidation sites excluding steroid dienone is 4. The third-order valence-electron chi connectivity index (χ3n) is 0.776. The van der Waals surface area contributed by atoms with E-state index in [4.69, 9.17) is 5.41 Å². The Hall–Kier alpha value is -0.850. The van der Waals surface area contributed by atoms with Crippen molar-refractivity contribution >= 4 is 6.21 Å². The van der Waals surface area contributed by atoms with Crippen LogP contribution in [-0.2, 0) is 0 Å². The van der Waals surface area contributed by atoms with Crippen LogP contribution in [0.15, 0.2) is 23.8 Å². The molecular weight excluding hydrogens is 146 g/mol. The van der Waals surface area contributed by atoms with Gasteiger partial charge in [0.05, 0.1) is 0 Å². The van der Waals surface area contributed by atoms with E-state index in [0.29, 0.717) is 0 Å². The largest absolute Gasteiger partial charge is 0.309 e. The summed E-state index contributed by atoms with van der Waals surface area (Å²) in [6.07, 6.45) is 6.95. The van der Waals surface area contributed by atoms with E-state index in [1.54, 1.807) is 6.08 Å². The summed E-state index contributed by atoms with van der Waals surface area (Å²) in [5.74, 6) is 0. The van der Waals surface area contributed by atoms with Gasteiger partial charge in [-0.25, -0.2) is 0 Å². The van der Waals surface area contributed by atoms with Crippen LogP contribution >= 0.6 is 0 Å². The highest BCUT2D eigenvalue weighted by Crippen LogP contribution is 1.90. The Kier molecular flexibility index (Phi) is 32.4. The van der Waals surface area contributed by atoms with Gasteiger partial charge >= 0.3 is 0 Å². The second-order valence-corrected chi connectivity index (χ2v) is 1.58. The summed E-state index contributed by atoms with van der Waals surface area (Å²) in [6, 6.07) is 0. The molecule has 0 aromatic carbocycles. The van der Waals surface area contributed by atoms with Gasteiger partial charge in [-0.15, -0.1) is 0 Å². The van der Waals surface area contributed by atoms with Gasteiger partial charge in [0, 0.05) is 6.21 Å². The Bertz CT molecular complexity index is 121. The fourth-order valence-corrected chi connectivity index (χ4v) is 0.450. The number of hydrogen-bond donors (Lipinski definition) is 1. The monoisotopic (exact) mass is 169 g/mol. The van der Waals surface area contributed by atoms with Crippen molar-refractivity contribution in [3.8, 4) is 0 Å². The van der Waals surface area contributed by atoms with Crippen molar-refractivity contribution in [1.29, 1.82) is 5.41 Å². The molecule has 0 radical (unpaired) electrons. The first-order valence-corrected chi connectivity index (χ1v) is 4.61. The summed E-state index contributed by atoms with van der Waals surface area (Å²) in [7, 11) is 0. The first-order valence-electron chi connectivity index (χ1n) is 4.61. The molecule has 0 amide bonds. The molecule has 0 aromatic rings. The fourth-order valence-electron chi connectivity index (χ4n) is 0.450. The molecule has 1 N–H and O–H groups in total. The third kappa shape index (κ3) is 22.9. The molecule has 12 heavy (non-hydrogen) atoms. The average molecular weight is 169 g/mol. The lowest BCUT2D eigenvalue weighted by Crippen LogP contribution is -1.66. The molecule has 0 saturated carbocycles. The van der Waals surface area contributed by atoms with Gasteiger partial charge in [0.15, 0.2) is 0 Å². The van der Waals surface area contributed by atoms with Crippen molar-refractivity contribution in [2.24, 2.45) is 0 Å². The van der Waals surface area contributed by atoms with Crippen molar-refractivity contribution in [3.05, 3.63) is 23.8 Å². The third-order valence-corrected chi connectivity index (χ3v) is 0.776. The van der Waals surface area contributed by atoms with E-state index in [0.717, 1.165) is 5.57 Å². The van der Waals surface area contributed by atoms with E-state index in [9.17, 15) is 0 Å². The Morgan fingerprint density at radius 3 is 1.75 bits per heavy atom. The van der Waals surface area contributed by atoms with E-state index in [1.165, 1.54) is 6.21 Å². The van der Waals surface area contributed by atoms with Crippen LogP contribution in [0.4, 0.5) is 0 Å². The number of hydrogen-bond acceptors (Lipinski definition) is 1. The smallest absolute Gasteiger partial charge is 0.0180 e. The van der Waals surface area contributed by atoms with Crippen LogP contribution in [0, 0.1) is 5.41 Å². The standard InChI is InChI=1S/C7H11N.2C2H6/c1-3-4-7(2)5-6-8;2*1-2/h3-6,8H,1-2H3;2*1-2H3/b4-3-,7-5-,8-6?;;. The molecule has 1 heteroatoms. The molecule has 0 rings (SSSR count). The van der Waals surface area contributed by atoms with E-state index in [2.05, 4.69) is 0 Å². The van der Waals surface area contributed by atoms with Crippen LogP contribution in [0.3, 0.4) is 0 Å². The molecule has 0 atom stereocenters. The minimum Gasteiger partial charge on any atom is -0.309 e. The minimum absolute atomic E-state index is 1.11. The van der Waals surface area contributed by atoms with Crippen molar-refractivity contribution in [2.45, 2.75) is 41.5 Å². The molecular formula is C11H23N. The summed E-state index contributed by atoms with van der Waals surface area (Å²) in [5.41, 5.74) is 1.11. The maximum atomic E-state index is 6.68. The zero-order valence-corrected chi connectivity index (χ0v) is 9.31. The maximum Gasteiger partial charge on any atom is 0.0180 e. The van der Waals surface area contributed by atoms with E-state index in [1.807, 2.05) is 53.7 Å². The van der Waals surface area contributed by atoms with Crippen LogP contribution < -0.4 is 0 Å². The molecule has 0 bridgehead atoms. The van der Waals surface area contributed by atoms with E-state index in [-0.39, 0.29) is 0 Å². The van der Waals surface area contributed by atoms with Gasteiger partial charge in [-0.2, -0.15) is 0 Å². The van der Waals surface area contributed by atoms with Gasteiger partial charge in [0.2, 0.25) is 0 Å². The lowest BCUT2D eigenvalue weighted by Gasteiger charge is -1.82. The Labute approximate surface area is 77.7 Å². The molecule has 0 aliphatic rings. The predicted molar refractivity (Wildman–Crippen MR) is 60.1 cm³/mol. The zero-order valence-electron chi connectivity index (χ0n) is 9.31. The van der Waals surface area contributed by atoms with Crippen LogP contribution in [-0.4, -0.2) is 6.21 Å². The Morgan fingerprint density at radius 2 is 1.50 bits per heavy atom. The van der Waals surface area contributed by atoms with Crippen LogP contribution in [0.5, 0.6) is 0 Å². The first-order chi connectivity index (χ1) is 5.81. The molecule has 0 aliphatic carbocycles. The quantitative estimate of drug-likeness (QED) is 0.473. The first kappa shape index (κ1) is 17.3. The molecule has 0 heterocycles. The highest BCUT2D eigenvalue weighted by atomic mass is 14.3. The van der Waals surface area contributed by atoms with Gasteiger partial charge in [-0.3, -0.25) is 0 Å². The molecule has 0 aromatic heterocycles. The van der Waals surface area contributed by atoms with Gasteiger partial charge in [-0.1, -0.05) is 39.8 Å². The zero-order chi connectivity index (χ0) is 10.4. The topological polar surface area (TPSA) is 23.9 Å². The normalized spacial score (nSPS) is 9.33. The van der Waals surface area contributed by atoms with E-state index < -0.39 is 0 Å². The van der Waals surface area contributed by atoms with Gasteiger partial charge in [0.1, 0.15) is 0 Å². The number of rotatable bonds is 2. The molecule has 0 fully saturated rings. The lowest BCUT2D eigenvalue weighted by molar-refractivity contribution is 1.50. The van der Waals surface area contributed by atoms with Crippen LogP contribution in [0.2, 0.25) is 0 Å². The summed E-state index contributed by atoms with van der Waals surface area (Å²) in [6.45, 7) is 11.9. The lowest BCUT2D eigenvalue weighted by atomic mass is 10.3. The summed E-state index contributed by atoms with van der Waals surface area (Å²) in [5, 5.41) is 6.68. The second kappa shape index (κ2) is 22.5. The van der Waals surface area contributed by atoms with Crippen molar-refractivity contribution in [2.75, 3.05) is 0 Å². The molecule has 0 aliphatic heterocycles. The van der Waals surface area contributed by atoms with Gasteiger partial charge in [-0.05, 0) is 25.5 Å². The minimum atomic E-state index is 1.11. The molecule has 0 unspecified atom stereocenters. The summed E-state index contributed by atoms with van der Waals surface area (Å²) in [4.78, 5) is 0. The van der Waals surface area contributed by atoms with Crippen LogP contribution in [0.1, 0.15) is 41.5 Å². The predicted octanol–water partition coefficient (Wildman–Crippen LogP) is 4.21. The summed E-state index contributed by atoms with van der Waals surface area (Å²) < 4.78 is 0. The molecule has 0 saturated heterocycles.